The molecule has 1 aromatic carbocycles. The number of nitrogens with zero attached hydrogens (tertiary/aromatic N) is 1. The Morgan fingerprint density at radius 1 is 1.21 bits per heavy atom. The molecule has 0 radical (unpaired) electrons. The van der Waals surface area contributed by atoms with Gasteiger partial charge in [0, 0.05) is 24.8 Å². The number of benzene rings is 1. The first-order valence-electron chi connectivity index (χ1n) is 7.93. The van der Waals surface area contributed by atoms with Crippen molar-refractivity contribution in [3.05, 3.63) is 30.3 Å². The summed E-state index contributed by atoms with van der Waals surface area (Å²) in [5.41, 5.74) is 1.24. The van der Waals surface area contributed by atoms with Gasteiger partial charge < -0.3 is 10.2 Å². The van der Waals surface area contributed by atoms with E-state index >= 15 is 0 Å². The molecule has 1 N–H and O–H groups in total. The molecular weight excluding hydrogens is 232 g/mol. The monoisotopic (exact) mass is 260 g/mol. The largest absolute Gasteiger partial charge is 0.385 e. The molecule has 0 aliphatic carbocycles. The zero-order valence-electron chi connectivity index (χ0n) is 12.3. The number of likely N-dealkylation sites (tertiary alicyclic amines) is 1. The number of para-hydroxylation sites is 1. The minimum Gasteiger partial charge on any atom is -0.385 e. The van der Waals surface area contributed by atoms with E-state index < -0.39 is 0 Å². The third-order valence-electron chi connectivity index (χ3n) is 4.10. The van der Waals surface area contributed by atoms with Crippen LogP contribution in [-0.4, -0.2) is 30.6 Å². The fraction of sp³-hybridized carbons (Fsp3) is 0.647. The van der Waals surface area contributed by atoms with E-state index in [0.29, 0.717) is 0 Å². The summed E-state index contributed by atoms with van der Waals surface area (Å²) in [5, 5.41) is 3.50. The van der Waals surface area contributed by atoms with Crippen LogP contribution >= 0.6 is 0 Å². The maximum Gasteiger partial charge on any atom is 0.0340 e. The Balaban J connectivity index is 1.66. The van der Waals surface area contributed by atoms with E-state index in [4.69, 9.17) is 0 Å². The highest BCUT2D eigenvalue weighted by molar-refractivity contribution is 5.42. The second-order valence-corrected chi connectivity index (χ2v) is 5.62. The first-order chi connectivity index (χ1) is 9.40. The zero-order chi connectivity index (χ0) is 13.3. The number of nitrogens with one attached hydrogen (secondary N) is 1. The van der Waals surface area contributed by atoms with Gasteiger partial charge in [-0.2, -0.15) is 0 Å². The van der Waals surface area contributed by atoms with Gasteiger partial charge in [-0.1, -0.05) is 38.0 Å². The zero-order valence-corrected chi connectivity index (χ0v) is 12.3. The van der Waals surface area contributed by atoms with E-state index in [1.54, 1.807) is 0 Å². The highest BCUT2D eigenvalue weighted by atomic mass is 15.2. The van der Waals surface area contributed by atoms with E-state index in [-0.39, 0.29) is 0 Å². The summed E-state index contributed by atoms with van der Waals surface area (Å²) < 4.78 is 0. The number of piperidine rings is 1. The highest BCUT2D eigenvalue weighted by Crippen LogP contribution is 2.20. The summed E-state index contributed by atoms with van der Waals surface area (Å²) >= 11 is 0. The van der Waals surface area contributed by atoms with Crippen molar-refractivity contribution in [2.24, 2.45) is 0 Å². The van der Waals surface area contributed by atoms with Crippen molar-refractivity contribution < 1.29 is 0 Å². The second-order valence-electron chi connectivity index (χ2n) is 5.62. The van der Waals surface area contributed by atoms with Gasteiger partial charge in [-0.05, 0) is 44.4 Å². The third-order valence-corrected chi connectivity index (χ3v) is 4.10. The average Bonchev–Trinajstić information content (AvgIpc) is 2.47. The quantitative estimate of drug-likeness (QED) is 0.741. The van der Waals surface area contributed by atoms with Crippen molar-refractivity contribution in [2.75, 3.05) is 25.0 Å². The summed E-state index contributed by atoms with van der Waals surface area (Å²) in [6.07, 6.45) is 8.19. The molecule has 2 rings (SSSR count). The number of hydrogen-bond donors (Lipinski definition) is 1. The minimum atomic E-state index is 0.857. The molecule has 1 atom stereocenters. The average molecular weight is 260 g/mol. The second kappa shape index (κ2) is 8.21. The summed E-state index contributed by atoms with van der Waals surface area (Å²) in [5.74, 6) is 0. The smallest absolute Gasteiger partial charge is 0.0340 e. The van der Waals surface area contributed by atoms with E-state index in [9.17, 15) is 0 Å². The number of rotatable bonds is 7. The first kappa shape index (κ1) is 14.4. The predicted molar refractivity (Wildman–Crippen MR) is 83.7 cm³/mol. The molecule has 0 amide bonds. The fourth-order valence-electron chi connectivity index (χ4n) is 3.09. The molecule has 19 heavy (non-hydrogen) atoms. The van der Waals surface area contributed by atoms with Gasteiger partial charge >= 0.3 is 0 Å². The van der Waals surface area contributed by atoms with Crippen LogP contribution in [0.15, 0.2) is 30.3 Å². The molecule has 0 spiro atoms. The lowest BCUT2D eigenvalue weighted by atomic mass is 9.98. The van der Waals surface area contributed by atoms with Crippen LogP contribution in [0.2, 0.25) is 0 Å². The molecule has 1 aliphatic rings. The Labute approximate surface area is 118 Å². The Kier molecular flexibility index (Phi) is 6.22. The molecule has 0 aromatic heterocycles. The van der Waals surface area contributed by atoms with Crippen LogP contribution in [0, 0.1) is 0 Å². The lowest BCUT2D eigenvalue weighted by molar-refractivity contribution is 0.139. The van der Waals surface area contributed by atoms with Crippen molar-refractivity contribution in [1.82, 2.24) is 4.90 Å². The van der Waals surface area contributed by atoms with Crippen LogP contribution in [-0.2, 0) is 0 Å². The number of hydrogen-bond acceptors (Lipinski definition) is 2. The highest BCUT2D eigenvalue weighted by Gasteiger charge is 2.20. The molecule has 0 bridgehead atoms. The van der Waals surface area contributed by atoms with Gasteiger partial charge in [-0.25, -0.2) is 0 Å². The standard InChI is InChI=1S/C17H28N2/c1-2-9-17-12-6-7-14-19(17)15-8-13-18-16-10-4-3-5-11-16/h3-5,10-11,17-18H,2,6-9,12-15H2,1H3. The summed E-state index contributed by atoms with van der Waals surface area (Å²) in [6, 6.07) is 11.4. The molecule has 1 saturated heterocycles. The van der Waals surface area contributed by atoms with Crippen LogP contribution in [0.25, 0.3) is 0 Å². The molecule has 2 nitrogen and oxygen atoms in total. The predicted octanol–water partition coefficient (Wildman–Crippen LogP) is 4.14. The lowest BCUT2D eigenvalue weighted by Crippen LogP contribution is -2.40. The van der Waals surface area contributed by atoms with Gasteiger partial charge in [0.05, 0.1) is 0 Å². The third kappa shape index (κ3) is 4.87. The minimum absolute atomic E-state index is 0.857. The Hall–Kier alpha value is -1.02. The van der Waals surface area contributed by atoms with Crippen molar-refractivity contribution >= 4 is 5.69 Å². The van der Waals surface area contributed by atoms with Crippen LogP contribution in [0.1, 0.15) is 45.4 Å². The number of anilines is 1. The van der Waals surface area contributed by atoms with Gasteiger partial charge in [0.2, 0.25) is 0 Å². The van der Waals surface area contributed by atoms with Crippen LogP contribution in [0.5, 0.6) is 0 Å². The SMILES string of the molecule is CCCC1CCCCN1CCCNc1ccccc1. The van der Waals surface area contributed by atoms with Crippen LogP contribution in [0.4, 0.5) is 5.69 Å². The molecule has 1 fully saturated rings. The molecule has 2 heteroatoms. The Bertz CT molecular complexity index is 334. The van der Waals surface area contributed by atoms with Gasteiger partial charge in [-0.3, -0.25) is 0 Å². The Morgan fingerprint density at radius 2 is 2.05 bits per heavy atom. The fourth-order valence-corrected chi connectivity index (χ4v) is 3.09. The Morgan fingerprint density at radius 3 is 2.84 bits per heavy atom. The van der Waals surface area contributed by atoms with Crippen LogP contribution < -0.4 is 5.32 Å². The van der Waals surface area contributed by atoms with E-state index in [1.165, 1.54) is 57.3 Å². The molecule has 1 aliphatic heterocycles. The molecule has 106 valence electrons. The van der Waals surface area contributed by atoms with Gasteiger partial charge in [0.1, 0.15) is 0 Å². The summed E-state index contributed by atoms with van der Waals surface area (Å²) in [4.78, 5) is 2.72. The van der Waals surface area contributed by atoms with Gasteiger partial charge in [-0.15, -0.1) is 0 Å². The maximum atomic E-state index is 3.50. The van der Waals surface area contributed by atoms with Crippen molar-refractivity contribution in [2.45, 2.75) is 51.5 Å². The molecule has 1 unspecified atom stereocenters. The van der Waals surface area contributed by atoms with Crippen LogP contribution in [0.3, 0.4) is 0 Å². The first-order valence-corrected chi connectivity index (χ1v) is 7.93. The topological polar surface area (TPSA) is 15.3 Å². The van der Waals surface area contributed by atoms with Crippen molar-refractivity contribution in [3.8, 4) is 0 Å². The van der Waals surface area contributed by atoms with Crippen molar-refractivity contribution in [1.29, 1.82) is 0 Å². The lowest BCUT2D eigenvalue weighted by Gasteiger charge is -2.35. The van der Waals surface area contributed by atoms with Crippen molar-refractivity contribution in [3.63, 3.8) is 0 Å². The molecule has 0 saturated carbocycles. The summed E-state index contributed by atoms with van der Waals surface area (Å²) in [7, 11) is 0. The van der Waals surface area contributed by atoms with Gasteiger partial charge in [0.15, 0.2) is 0 Å². The molecule has 1 aromatic rings. The van der Waals surface area contributed by atoms with E-state index in [1.807, 2.05) is 0 Å². The van der Waals surface area contributed by atoms with E-state index in [0.717, 1.165) is 12.6 Å². The normalized spacial score (nSPS) is 20.4. The molecule has 1 heterocycles. The molecular formula is C17H28N2. The van der Waals surface area contributed by atoms with E-state index in [2.05, 4.69) is 47.5 Å². The summed E-state index contributed by atoms with van der Waals surface area (Å²) in [6.45, 7) is 5.96. The van der Waals surface area contributed by atoms with Gasteiger partial charge in [0.25, 0.3) is 0 Å². The maximum absolute atomic E-state index is 3.50.